The molecule has 92 valence electrons. The van der Waals surface area contributed by atoms with E-state index < -0.39 is 0 Å². The predicted octanol–water partition coefficient (Wildman–Crippen LogP) is 3.02. The van der Waals surface area contributed by atoms with E-state index in [0.717, 1.165) is 0 Å². The molecule has 1 aliphatic heterocycles. The Balaban J connectivity index is 2.04. The number of hydrogen-bond donors (Lipinski definition) is 0. The minimum absolute atomic E-state index is 0.217. The van der Waals surface area contributed by atoms with Crippen LogP contribution >= 0.6 is 0 Å². The van der Waals surface area contributed by atoms with Gasteiger partial charge in [0.15, 0.2) is 4.90 Å². The van der Waals surface area contributed by atoms with Gasteiger partial charge in [-0.05, 0) is 50.5 Å². The van der Waals surface area contributed by atoms with Gasteiger partial charge < -0.3 is 4.74 Å². The number of hydrogen-bond acceptors (Lipinski definition) is 2. The van der Waals surface area contributed by atoms with Crippen molar-refractivity contribution in [1.29, 1.82) is 0 Å². The van der Waals surface area contributed by atoms with Crippen LogP contribution in [0.3, 0.4) is 0 Å². The third-order valence-corrected chi connectivity index (χ3v) is 5.48. The number of rotatable bonds is 3. The first-order valence-corrected chi connectivity index (χ1v) is 7.82. The molecule has 2 nitrogen and oxygen atoms in total. The molecule has 0 atom stereocenters. The number of benzene rings is 1. The third-order valence-electron chi connectivity index (χ3n) is 2.98. The second-order valence-corrected chi connectivity index (χ2v) is 6.48. The molecule has 1 aromatic rings. The van der Waals surface area contributed by atoms with E-state index >= 15 is 0 Å². The Kier molecular flexibility index (Phi) is 4.49. The molecule has 1 aliphatic rings. The average Bonchev–Trinajstić information content (AvgIpc) is 2.40. The van der Waals surface area contributed by atoms with Crippen molar-refractivity contribution in [2.45, 2.75) is 31.1 Å². The van der Waals surface area contributed by atoms with Gasteiger partial charge in [-0.15, -0.1) is 0 Å². The zero-order valence-electron chi connectivity index (χ0n) is 10.3. The number of esters is 1. The molecule has 0 bridgehead atoms. The van der Waals surface area contributed by atoms with E-state index in [4.69, 9.17) is 4.74 Å². The molecule has 0 saturated carbocycles. The molecule has 1 fully saturated rings. The van der Waals surface area contributed by atoms with E-state index in [0.29, 0.717) is 23.1 Å². The average molecular weight is 251 g/mol. The molecule has 3 heteroatoms. The maximum Gasteiger partial charge on any atom is 0.338 e. The van der Waals surface area contributed by atoms with Crippen LogP contribution < -0.4 is 0 Å². The number of carbonyl (C=O) groups excluding carboxylic acids is 1. The quantitative estimate of drug-likeness (QED) is 0.609. The van der Waals surface area contributed by atoms with Crippen molar-refractivity contribution in [2.75, 3.05) is 18.1 Å². The third kappa shape index (κ3) is 3.25. The Morgan fingerprint density at radius 3 is 2.41 bits per heavy atom. The van der Waals surface area contributed by atoms with Crippen LogP contribution in [-0.4, -0.2) is 24.1 Å². The van der Waals surface area contributed by atoms with Gasteiger partial charge >= 0.3 is 5.97 Å². The summed E-state index contributed by atoms with van der Waals surface area (Å²) in [5, 5.41) is 0. The van der Waals surface area contributed by atoms with Crippen molar-refractivity contribution in [3.05, 3.63) is 29.8 Å². The molecular formula is C14H19O2S+. The standard InChI is InChI=1S/C14H19O2S/c1-2-16-14(15)12-6-8-13(9-7-12)17-10-4-3-5-11-17/h6-9H,2-5,10-11H2,1H3/q+1. The molecule has 2 rings (SSSR count). The van der Waals surface area contributed by atoms with Gasteiger partial charge in [-0.25, -0.2) is 4.79 Å². The molecule has 0 unspecified atom stereocenters. The highest BCUT2D eigenvalue weighted by atomic mass is 32.2. The maximum atomic E-state index is 11.5. The van der Waals surface area contributed by atoms with E-state index in [9.17, 15) is 4.79 Å². The fourth-order valence-corrected chi connectivity index (χ4v) is 4.37. The molecule has 17 heavy (non-hydrogen) atoms. The van der Waals surface area contributed by atoms with Crippen molar-refractivity contribution < 1.29 is 9.53 Å². The van der Waals surface area contributed by atoms with E-state index in [1.807, 2.05) is 19.1 Å². The lowest BCUT2D eigenvalue weighted by atomic mass is 10.2. The predicted molar refractivity (Wildman–Crippen MR) is 71.6 cm³/mol. The van der Waals surface area contributed by atoms with Crippen LogP contribution in [0.5, 0.6) is 0 Å². The van der Waals surface area contributed by atoms with Crippen molar-refractivity contribution in [2.24, 2.45) is 0 Å². The Hall–Kier alpha value is -0.960. The fraction of sp³-hybridized carbons (Fsp3) is 0.500. The van der Waals surface area contributed by atoms with Crippen LogP contribution in [-0.2, 0) is 15.6 Å². The van der Waals surface area contributed by atoms with Crippen molar-refractivity contribution >= 4 is 16.9 Å². The van der Waals surface area contributed by atoms with E-state index in [-0.39, 0.29) is 5.97 Å². The van der Waals surface area contributed by atoms with Gasteiger partial charge in [-0.2, -0.15) is 0 Å². The highest BCUT2D eigenvalue weighted by molar-refractivity contribution is 7.96. The largest absolute Gasteiger partial charge is 0.462 e. The summed E-state index contributed by atoms with van der Waals surface area (Å²) in [6.07, 6.45) is 4.08. The van der Waals surface area contributed by atoms with Crippen LogP contribution in [0.15, 0.2) is 29.2 Å². The minimum Gasteiger partial charge on any atom is -0.462 e. The van der Waals surface area contributed by atoms with Gasteiger partial charge in [0.05, 0.1) is 12.2 Å². The summed E-state index contributed by atoms with van der Waals surface area (Å²) >= 11 is 0. The highest BCUT2D eigenvalue weighted by Crippen LogP contribution is 2.22. The molecule has 0 spiro atoms. The van der Waals surface area contributed by atoms with Gasteiger partial charge in [-0.1, -0.05) is 0 Å². The Morgan fingerprint density at radius 2 is 1.82 bits per heavy atom. The summed E-state index contributed by atoms with van der Waals surface area (Å²) in [7, 11) is 0.415. The topological polar surface area (TPSA) is 26.3 Å². The first kappa shape index (κ1) is 12.5. The summed E-state index contributed by atoms with van der Waals surface area (Å²) in [5.74, 6) is 2.42. The van der Waals surface area contributed by atoms with Gasteiger partial charge in [0.25, 0.3) is 0 Å². The van der Waals surface area contributed by atoms with Crippen LogP contribution in [0.2, 0.25) is 0 Å². The lowest BCUT2D eigenvalue weighted by molar-refractivity contribution is 0.0526. The molecule has 0 amide bonds. The molecule has 1 saturated heterocycles. The van der Waals surface area contributed by atoms with Crippen molar-refractivity contribution in [1.82, 2.24) is 0 Å². The second-order valence-electron chi connectivity index (χ2n) is 4.21. The molecular weight excluding hydrogens is 232 g/mol. The van der Waals surface area contributed by atoms with E-state index in [1.165, 1.54) is 35.7 Å². The molecule has 1 heterocycles. The van der Waals surface area contributed by atoms with E-state index in [2.05, 4.69) is 12.1 Å². The van der Waals surface area contributed by atoms with Crippen LogP contribution in [0, 0.1) is 0 Å². The number of carbonyl (C=O) groups is 1. The summed E-state index contributed by atoms with van der Waals surface area (Å²) in [5.41, 5.74) is 0.663. The van der Waals surface area contributed by atoms with Gasteiger partial charge in [0.1, 0.15) is 11.5 Å². The Morgan fingerprint density at radius 1 is 1.18 bits per heavy atom. The summed E-state index contributed by atoms with van der Waals surface area (Å²) in [6, 6.07) is 7.99. The second kappa shape index (κ2) is 6.10. The van der Waals surface area contributed by atoms with Gasteiger partial charge in [-0.3, -0.25) is 0 Å². The van der Waals surface area contributed by atoms with E-state index in [1.54, 1.807) is 0 Å². The van der Waals surface area contributed by atoms with Crippen molar-refractivity contribution in [3.63, 3.8) is 0 Å². The SMILES string of the molecule is CCOC(=O)c1ccc([S+]2CCCCC2)cc1. The van der Waals surface area contributed by atoms with Crippen LogP contribution in [0.4, 0.5) is 0 Å². The van der Waals surface area contributed by atoms with Crippen molar-refractivity contribution in [3.8, 4) is 0 Å². The smallest absolute Gasteiger partial charge is 0.338 e. The summed E-state index contributed by atoms with van der Waals surface area (Å²) in [4.78, 5) is 12.9. The highest BCUT2D eigenvalue weighted by Gasteiger charge is 2.24. The summed E-state index contributed by atoms with van der Waals surface area (Å²) < 4.78 is 4.98. The summed E-state index contributed by atoms with van der Waals surface area (Å²) in [6.45, 7) is 2.26. The maximum absolute atomic E-state index is 11.5. The lowest BCUT2D eigenvalue weighted by Crippen LogP contribution is -2.17. The minimum atomic E-state index is -0.217. The molecule has 0 aromatic heterocycles. The number of ether oxygens (including phenoxy) is 1. The van der Waals surface area contributed by atoms with Gasteiger partial charge in [0, 0.05) is 10.9 Å². The molecule has 0 aliphatic carbocycles. The zero-order valence-corrected chi connectivity index (χ0v) is 11.1. The van der Waals surface area contributed by atoms with Crippen LogP contribution in [0.25, 0.3) is 0 Å². The van der Waals surface area contributed by atoms with Crippen LogP contribution in [0.1, 0.15) is 36.5 Å². The molecule has 0 N–H and O–H groups in total. The Labute approximate surface area is 106 Å². The Bertz CT molecular complexity index is 366. The molecule has 0 radical (unpaired) electrons. The normalized spacial score (nSPS) is 16.8. The first-order chi connectivity index (χ1) is 8.31. The first-order valence-electron chi connectivity index (χ1n) is 6.26. The van der Waals surface area contributed by atoms with Gasteiger partial charge in [0.2, 0.25) is 0 Å². The lowest BCUT2D eigenvalue weighted by Gasteiger charge is -2.13. The monoisotopic (exact) mass is 251 g/mol. The fourth-order valence-electron chi connectivity index (χ4n) is 2.07. The molecule has 1 aromatic carbocycles. The zero-order chi connectivity index (χ0) is 12.1.